The minimum Gasteiger partial charge on any atom is -0.455 e. The van der Waals surface area contributed by atoms with Crippen molar-refractivity contribution in [3.05, 3.63) is 71.1 Å². The Morgan fingerprint density at radius 2 is 1.83 bits per heavy atom. The maximum Gasteiger partial charge on any atom is 0.338 e. The molecule has 30 heavy (non-hydrogen) atoms. The summed E-state index contributed by atoms with van der Waals surface area (Å²) in [5.41, 5.74) is 1.32. The van der Waals surface area contributed by atoms with E-state index in [-0.39, 0.29) is 22.1 Å². The highest BCUT2D eigenvalue weighted by Gasteiger charge is 2.26. The number of rotatable bonds is 8. The summed E-state index contributed by atoms with van der Waals surface area (Å²) in [5.74, 6) is -0.271. The highest BCUT2D eigenvalue weighted by molar-refractivity contribution is 7.89. The summed E-state index contributed by atoms with van der Waals surface area (Å²) in [6.45, 7) is 3.93. The number of oxazole rings is 1. The number of nitrogens with zero attached hydrogens (tertiary/aromatic N) is 2. The molecule has 0 amide bonds. The van der Waals surface area contributed by atoms with Crippen molar-refractivity contribution in [2.24, 2.45) is 0 Å². The second kappa shape index (κ2) is 9.42. The SMILES string of the molecule is CCN(CC)S(=O)(=O)c1cc(C(=O)OCc2coc(-c3ccccc3)n2)ccc1Cl. The van der Waals surface area contributed by atoms with Crippen LogP contribution in [0.1, 0.15) is 29.9 Å². The van der Waals surface area contributed by atoms with Gasteiger partial charge >= 0.3 is 5.97 Å². The second-order valence-electron chi connectivity index (χ2n) is 6.32. The van der Waals surface area contributed by atoms with Crippen LogP contribution in [0.25, 0.3) is 11.5 Å². The normalized spacial score (nSPS) is 11.6. The minimum atomic E-state index is -3.82. The molecule has 0 radical (unpaired) electrons. The average molecular weight is 449 g/mol. The number of halogens is 1. The number of esters is 1. The molecule has 0 N–H and O–H groups in total. The molecule has 0 atom stereocenters. The Labute approximate surface area is 180 Å². The monoisotopic (exact) mass is 448 g/mol. The van der Waals surface area contributed by atoms with Crippen molar-refractivity contribution in [2.75, 3.05) is 13.1 Å². The van der Waals surface area contributed by atoms with Crippen LogP contribution < -0.4 is 0 Å². The second-order valence-corrected chi connectivity index (χ2v) is 8.63. The van der Waals surface area contributed by atoms with Gasteiger partial charge in [0.2, 0.25) is 15.9 Å². The number of carbonyl (C=O) groups is 1. The van der Waals surface area contributed by atoms with E-state index in [9.17, 15) is 13.2 Å². The predicted octanol–water partition coefficient (Wildman–Crippen LogP) is 4.38. The Balaban J connectivity index is 1.74. The van der Waals surface area contributed by atoms with Gasteiger partial charge in [-0.2, -0.15) is 4.31 Å². The molecular weight excluding hydrogens is 428 g/mol. The van der Waals surface area contributed by atoms with Crippen molar-refractivity contribution in [2.45, 2.75) is 25.3 Å². The summed E-state index contributed by atoms with van der Waals surface area (Å²) < 4.78 is 37.5. The highest BCUT2D eigenvalue weighted by Crippen LogP contribution is 2.26. The van der Waals surface area contributed by atoms with Crippen LogP contribution in [0.3, 0.4) is 0 Å². The van der Waals surface area contributed by atoms with Crippen LogP contribution >= 0.6 is 11.6 Å². The molecule has 0 bridgehead atoms. The number of benzene rings is 2. The summed E-state index contributed by atoms with van der Waals surface area (Å²) >= 11 is 6.10. The van der Waals surface area contributed by atoms with Crippen LogP contribution in [-0.4, -0.2) is 36.8 Å². The first-order valence-corrected chi connectivity index (χ1v) is 11.1. The van der Waals surface area contributed by atoms with Crippen molar-refractivity contribution < 1.29 is 22.4 Å². The Morgan fingerprint density at radius 1 is 1.13 bits per heavy atom. The molecule has 0 fully saturated rings. The number of ether oxygens (including phenoxy) is 1. The van der Waals surface area contributed by atoms with Gasteiger partial charge in [0.05, 0.1) is 10.6 Å². The van der Waals surface area contributed by atoms with Crippen LogP contribution in [0, 0.1) is 0 Å². The van der Waals surface area contributed by atoms with Crippen molar-refractivity contribution in [3.63, 3.8) is 0 Å². The van der Waals surface area contributed by atoms with Crippen LogP contribution in [0.4, 0.5) is 0 Å². The third kappa shape index (κ3) is 4.72. The molecule has 158 valence electrons. The van der Waals surface area contributed by atoms with E-state index in [1.165, 1.54) is 28.8 Å². The first-order valence-electron chi connectivity index (χ1n) is 9.33. The summed E-state index contributed by atoms with van der Waals surface area (Å²) in [6, 6.07) is 13.3. The van der Waals surface area contributed by atoms with E-state index in [2.05, 4.69) is 4.98 Å². The van der Waals surface area contributed by atoms with Crippen LogP contribution in [-0.2, 0) is 21.4 Å². The van der Waals surface area contributed by atoms with Crippen LogP contribution in [0.15, 0.2) is 64.1 Å². The first kappa shape index (κ1) is 22.0. The lowest BCUT2D eigenvalue weighted by atomic mass is 10.2. The van der Waals surface area contributed by atoms with Gasteiger partial charge in [-0.15, -0.1) is 0 Å². The molecule has 0 aliphatic carbocycles. The van der Waals surface area contributed by atoms with Crippen molar-refractivity contribution in [1.29, 1.82) is 0 Å². The first-order chi connectivity index (χ1) is 14.4. The van der Waals surface area contributed by atoms with Gasteiger partial charge in [-0.1, -0.05) is 43.6 Å². The van der Waals surface area contributed by atoms with E-state index < -0.39 is 16.0 Å². The molecule has 1 heterocycles. The van der Waals surface area contributed by atoms with Gasteiger partial charge in [0.1, 0.15) is 23.5 Å². The fourth-order valence-electron chi connectivity index (χ4n) is 2.84. The van der Waals surface area contributed by atoms with E-state index >= 15 is 0 Å². The smallest absolute Gasteiger partial charge is 0.338 e. The number of hydrogen-bond acceptors (Lipinski definition) is 6. The van der Waals surface area contributed by atoms with E-state index in [0.717, 1.165) is 5.56 Å². The lowest BCUT2D eigenvalue weighted by molar-refractivity contribution is 0.0467. The van der Waals surface area contributed by atoms with Gasteiger partial charge in [0.15, 0.2) is 0 Å². The molecule has 9 heteroatoms. The fourth-order valence-corrected chi connectivity index (χ4v) is 4.80. The summed E-state index contributed by atoms with van der Waals surface area (Å²) in [7, 11) is -3.82. The van der Waals surface area contributed by atoms with Gasteiger partial charge in [0, 0.05) is 18.7 Å². The zero-order valence-electron chi connectivity index (χ0n) is 16.5. The Morgan fingerprint density at radius 3 is 2.50 bits per heavy atom. The van der Waals surface area contributed by atoms with Crippen molar-refractivity contribution >= 4 is 27.6 Å². The van der Waals surface area contributed by atoms with Crippen LogP contribution in [0.5, 0.6) is 0 Å². The molecule has 0 aliphatic heterocycles. The number of carbonyl (C=O) groups excluding carboxylic acids is 1. The third-order valence-corrected chi connectivity index (χ3v) is 6.95. The maximum absolute atomic E-state index is 12.8. The molecule has 0 unspecified atom stereocenters. The lowest BCUT2D eigenvalue weighted by Crippen LogP contribution is -2.31. The van der Waals surface area contributed by atoms with Gasteiger partial charge in [-0.25, -0.2) is 18.2 Å². The lowest BCUT2D eigenvalue weighted by Gasteiger charge is -2.19. The summed E-state index contributed by atoms with van der Waals surface area (Å²) in [6.07, 6.45) is 1.41. The topological polar surface area (TPSA) is 89.7 Å². The Hall–Kier alpha value is -2.68. The quantitative estimate of drug-likeness (QED) is 0.475. The third-order valence-electron chi connectivity index (χ3n) is 4.41. The van der Waals surface area contributed by atoms with E-state index in [4.69, 9.17) is 20.8 Å². The number of aromatic nitrogens is 1. The van der Waals surface area contributed by atoms with E-state index in [1.54, 1.807) is 13.8 Å². The van der Waals surface area contributed by atoms with Crippen molar-refractivity contribution in [1.82, 2.24) is 9.29 Å². The maximum atomic E-state index is 12.8. The molecule has 3 aromatic rings. The Bertz CT molecular complexity index is 1130. The molecular formula is C21H21ClN2O5S. The molecule has 0 saturated carbocycles. The van der Waals surface area contributed by atoms with E-state index in [0.29, 0.717) is 24.7 Å². The molecule has 0 saturated heterocycles. The van der Waals surface area contributed by atoms with Crippen LogP contribution in [0.2, 0.25) is 5.02 Å². The molecule has 0 aliphatic rings. The molecule has 0 spiro atoms. The molecule has 1 aromatic heterocycles. The summed E-state index contributed by atoms with van der Waals surface area (Å²) in [5, 5.41) is 0.0439. The van der Waals surface area contributed by atoms with Gasteiger partial charge in [-0.05, 0) is 30.3 Å². The van der Waals surface area contributed by atoms with Gasteiger partial charge in [0.25, 0.3) is 0 Å². The van der Waals surface area contributed by atoms with Crippen molar-refractivity contribution in [3.8, 4) is 11.5 Å². The molecule has 2 aromatic carbocycles. The average Bonchev–Trinajstić information content (AvgIpc) is 3.22. The fraction of sp³-hybridized carbons (Fsp3) is 0.238. The standard InChI is InChI=1S/C21H21ClN2O5S/c1-3-24(4-2)30(26,27)19-12-16(10-11-18(19)22)21(25)29-14-17-13-28-20(23-17)15-8-6-5-7-9-15/h5-13H,3-4,14H2,1-2H3. The Kier molecular flexibility index (Phi) is 6.91. The zero-order valence-corrected chi connectivity index (χ0v) is 18.1. The number of hydrogen-bond donors (Lipinski definition) is 0. The summed E-state index contributed by atoms with van der Waals surface area (Å²) in [4.78, 5) is 16.6. The van der Waals surface area contributed by atoms with Gasteiger partial charge in [-0.3, -0.25) is 0 Å². The largest absolute Gasteiger partial charge is 0.455 e. The molecule has 3 rings (SSSR count). The predicted molar refractivity (Wildman–Crippen MR) is 113 cm³/mol. The molecule has 7 nitrogen and oxygen atoms in total. The minimum absolute atomic E-state index is 0.0439. The number of sulfonamides is 1. The zero-order chi connectivity index (χ0) is 21.7. The van der Waals surface area contributed by atoms with Gasteiger partial charge < -0.3 is 9.15 Å². The van der Waals surface area contributed by atoms with E-state index in [1.807, 2.05) is 30.3 Å². The highest BCUT2D eigenvalue weighted by atomic mass is 35.5.